The molecule has 23 heavy (non-hydrogen) atoms. The maximum Gasteiger partial charge on any atom is 0.264 e. The van der Waals surface area contributed by atoms with Crippen LogP contribution in [0, 0.1) is 0 Å². The van der Waals surface area contributed by atoms with E-state index in [1.165, 1.54) is 11.3 Å². The van der Waals surface area contributed by atoms with Crippen molar-refractivity contribution in [2.45, 2.75) is 6.42 Å². The first-order chi connectivity index (χ1) is 11.3. The van der Waals surface area contributed by atoms with Gasteiger partial charge in [0.15, 0.2) is 0 Å². The molecule has 4 heteroatoms. The summed E-state index contributed by atoms with van der Waals surface area (Å²) in [5.41, 5.74) is 3.09. The molecule has 0 radical (unpaired) electrons. The van der Waals surface area contributed by atoms with Crippen LogP contribution in [0.2, 0.25) is 0 Å². The molecular weight excluding hydrogens is 304 g/mol. The Hall–Kier alpha value is -2.46. The third kappa shape index (κ3) is 3.66. The normalized spacial score (nSPS) is 10.5. The molecule has 3 aromatic rings. The maximum atomic E-state index is 12.7. The van der Waals surface area contributed by atoms with Gasteiger partial charge in [-0.25, -0.2) is 0 Å². The van der Waals surface area contributed by atoms with Gasteiger partial charge in [0.05, 0.1) is 4.88 Å². The second-order valence-corrected chi connectivity index (χ2v) is 6.24. The molecule has 0 saturated carbocycles. The predicted molar refractivity (Wildman–Crippen MR) is 94.7 cm³/mol. The summed E-state index contributed by atoms with van der Waals surface area (Å²) in [5, 5.41) is 1.97. The molecule has 116 valence electrons. The Morgan fingerprint density at radius 1 is 1.09 bits per heavy atom. The molecule has 0 aliphatic carbocycles. The lowest BCUT2D eigenvalue weighted by Gasteiger charge is -2.17. The molecule has 0 atom stereocenters. The summed E-state index contributed by atoms with van der Waals surface area (Å²) >= 11 is 1.50. The molecule has 2 heterocycles. The fourth-order valence-corrected chi connectivity index (χ4v) is 3.33. The van der Waals surface area contributed by atoms with Crippen molar-refractivity contribution in [3.63, 3.8) is 0 Å². The highest BCUT2D eigenvalue weighted by molar-refractivity contribution is 7.12. The number of hydrogen-bond acceptors (Lipinski definition) is 3. The lowest BCUT2D eigenvalue weighted by atomic mass is 10.1. The zero-order valence-electron chi connectivity index (χ0n) is 13.0. The van der Waals surface area contributed by atoms with Gasteiger partial charge in [0, 0.05) is 37.5 Å². The Morgan fingerprint density at radius 2 is 1.87 bits per heavy atom. The molecule has 0 aliphatic heterocycles. The molecule has 0 saturated heterocycles. The molecular formula is C19H18N2OS. The first-order valence-corrected chi connectivity index (χ1v) is 8.42. The zero-order valence-corrected chi connectivity index (χ0v) is 13.8. The van der Waals surface area contributed by atoms with E-state index in [4.69, 9.17) is 0 Å². The van der Waals surface area contributed by atoms with E-state index in [1.54, 1.807) is 11.1 Å². The van der Waals surface area contributed by atoms with Crippen LogP contribution >= 0.6 is 11.3 Å². The predicted octanol–water partition coefficient (Wildman–Crippen LogP) is 4.12. The summed E-state index contributed by atoms with van der Waals surface area (Å²) in [4.78, 5) is 19.6. The number of carbonyl (C=O) groups excluding carboxylic acids is 1. The summed E-state index contributed by atoms with van der Waals surface area (Å²) in [6.07, 6.45) is 2.54. The maximum absolute atomic E-state index is 12.7. The van der Waals surface area contributed by atoms with Crippen molar-refractivity contribution < 1.29 is 4.79 Å². The third-order valence-electron chi connectivity index (χ3n) is 3.72. The van der Waals surface area contributed by atoms with Crippen molar-refractivity contribution >= 4 is 17.2 Å². The monoisotopic (exact) mass is 322 g/mol. The van der Waals surface area contributed by atoms with E-state index in [-0.39, 0.29) is 5.91 Å². The average molecular weight is 322 g/mol. The van der Waals surface area contributed by atoms with Gasteiger partial charge >= 0.3 is 0 Å². The van der Waals surface area contributed by atoms with Crippen molar-refractivity contribution in [1.82, 2.24) is 9.88 Å². The fourth-order valence-electron chi connectivity index (χ4n) is 2.42. The second kappa shape index (κ2) is 7.20. The van der Waals surface area contributed by atoms with Crippen LogP contribution in [-0.4, -0.2) is 29.4 Å². The van der Waals surface area contributed by atoms with E-state index in [2.05, 4.69) is 4.98 Å². The van der Waals surface area contributed by atoms with Crippen molar-refractivity contribution in [3.8, 4) is 11.1 Å². The van der Waals surface area contributed by atoms with Crippen LogP contribution < -0.4 is 0 Å². The van der Waals surface area contributed by atoms with Crippen molar-refractivity contribution in [2.75, 3.05) is 13.6 Å². The van der Waals surface area contributed by atoms with Crippen LogP contribution in [0.4, 0.5) is 0 Å². The zero-order chi connectivity index (χ0) is 16.1. The Kier molecular flexibility index (Phi) is 4.83. The standard InChI is InChI=1S/C19H18N2OS/c1-21(13-10-16-9-5-6-12-20-16)19(22)18-17(11-14-23-18)15-7-3-2-4-8-15/h2-9,11-12,14H,10,13H2,1H3. The largest absolute Gasteiger partial charge is 0.341 e. The highest BCUT2D eigenvalue weighted by Crippen LogP contribution is 2.29. The Labute approximate surface area is 140 Å². The number of pyridine rings is 1. The van der Waals surface area contributed by atoms with Crippen LogP contribution in [0.5, 0.6) is 0 Å². The molecule has 2 aromatic heterocycles. The average Bonchev–Trinajstić information content (AvgIpc) is 3.10. The highest BCUT2D eigenvalue weighted by Gasteiger charge is 2.18. The molecule has 0 N–H and O–H groups in total. The topological polar surface area (TPSA) is 33.2 Å². The van der Waals surface area contributed by atoms with Gasteiger partial charge in [-0.05, 0) is 29.1 Å². The summed E-state index contributed by atoms with van der Waals surface area (Å²) in [6.45, 7) is 0.655. The Morgan fingerprint density at radius 3 is 2.61 bits per heavy atom. The SMILES string of the molecule is CN(CCc1ccccn1)C(=O)c1sccc1-c1ccccc1. The summed E-state index contributed by atoms with van der Waals surface area (Å²) in [6, 6.07) is 17.9. The molecule has 1 aromatic carbocycles. The van der Waals surface area contributed by atoms with Crippen molar-refractivity contribution in [2.24, 2.45) is 0 Å². The van der Waals surface area contributed by atoms with Crippen molar-refractivity contribution in [1.29, 1.82) is 0 Å². The number of nitrogens with zero attached hydrogens (tertiary/aromatic N) is 2. The van der Waals surface area contributed by atoms with Crippen molar-refractivity contribution in [3.05, 3.63) is 76.7 Å². The van der Waals surface area contributed by atoms with E-state index < -0.39 is 0 Å². The first-order valence-electron chi connectivity index (χ1n) is 7.54. The number of thiophene rings is 1. The number of rotatable bonds is 5. The molecule has 0 fully saturated rings. The summed E-state index contributed by atoms with van der Waals surface area (Å²) in [7, 11) is 1.85. The molecule has 0 aliphatic rings. The molecule has 3 nitrogen and oxygen atoms in total. The molecule has 3 rings (SSSR count). The first kappa shape index (κ1) is 15.4. The van der Waals surface area contributed by atoms with E-state index in [0.717, 1.165) is 28.1 Å². The third-order valence-corrected chi connectivity index (χ3v) is 4.62. The minimum Gasteiger partial charge on any atom is -0.341 e. The van der Waals surface area contributed by atoms with Gasteiger partial charge in [-0.3, -0.25) is 9.78 Å². The Bertz CT molecular complexity index is 768. The van der Waals surface area contributed by atoms with E-state index in [1.807, 2.05) is 67.0 Å². The summed E-state index contributed by atoms with van der Waals surface area (Å²) < 4.78 is 0. The van der Waals surface area contributed by atoms with Gasteiger partial charge in [0.25, 0.3) is 5.91 Å². The Balaban J connectivity index is 1.72. The lowest BCUT2D eigenvalue weighted by molar-refractivity contribution is 0.0802. The van der Waals surface area contributed by atoms with Crippen LogP contribution in [0.25, 0.3) is 11.1 Å². The van der Waals surface area contributed by atoms with Gasteiger partial charge in [0.1, 0.15) is 0 Å². The number of aromatic nitrogens is 1. The van der Waals surface area contributed by atoms with E-state index in [9.17, 15) is 4.79 Å². The van der Waals surface area contributed by atoms with Gasteiger partial charge in [-0.15, -0.1) is 11.3 Å². The molecule has 1 amide bonds. The number of amides is 1. The van der Waals surface area contributed by atoms with E-state index >= 15 is 0 Å². The number of likely N-dealkylation sites (N-methyl/N-ethyl adjacent to an activating group) is 1. The van der Waals surface area contributed by atoms with Crippen LogP contribution in [-0.2, 0) is 6.42 Å². The van der Waals surface area contributed by atoms with E-state index in [0.29, 0.717) is 6.54 Å². The summed E-state index contributed by atoms with van der Waals surface area (Å²) in [5.74, 6) is 0.0646. The van der Waals surface area contributed by atoms with Gasteiger partial charge < -0.3 is 4.90 Å². The number of hydrogen-bond donors (Lipinski definition) is 0. The smallest absolute Gasteiger partial charge is 0.264 e. The minimum absolute atomic E-state index is 0.0646. The van der Waals surface area contributed by atoms with Crippen LogP contribution in [0.1, 0.15) is 15.4 Å². The molecule has 0 spiro atoms. The quantitative estimate of drug-likeness (QED) is 0.708. The van der Waals surface area contributed by atoms with Gasteiger partial charge in [-0.2, -0.15) is 0 Å². The number of carbonyl (C=O) groups is 1. The molecule has 0 bridgehead atoms. The second-order valence-electron chi connectivity index (χ2n) is 5.33. The van der Waals surface area contributed by atoms with Crippen LogP contribution in [0.3, 0.4) is 0 Å². The number of benzene rings is 1. The fraction of sp³-hybridized carbons (Fsp3) is 0.158. The van der Waals surface area contributed by atoms with Gasteiger partial charge in [0.2, 0.25) is 0 Å². The highest BCUT2D eigenvalue weighted by atomic mass is 32.1. The lowest BCUT2D eigenvalue weighted by Crippen LogP contribution is -2.28. The minimum atomic E-state index is 0.0646. The molecule has 0 unspecified atom stereocenters. The van der Waals surface area contributed by atoms with Crippen LogP contribution in [0.15, 0.2) is 66.2 Å². The van der Waals surface area contributed by atoms with Gasteiger partial charge in [-0.1, -0.05) is 36.4 Å².